The van der Waals surface area contributed by atoms with Crippen molar-refractivity contribution in [3.05, 3.63) is 113 Å². The van der Waals surface area contributed by atoms with Gasteiger partial charge in [0.05, 0.1) is 51.8 Å². The Morgan fingerprint density at radius 2 is 1.90 bits per heavy atom. The maximum atomic E-state index is 14.9. The third-order valence-corrected chi connectivity index (χ3v) is 15.8. The van der Waals surface area contributed by atoms with E-state index in [-0.39, 0.29) is 64.4 Å². The zero-order valence-corrected chi connectivity index (χ0v) is 43.7. The lowest BCUT2D eigenvalue weighted by Crippen LogP contribution is -2.51. The molecule has 5 atom stereocenters. The Labute approximate surface area is 447 Å². The molecule has 0 aliphatic carbocycles. The van der Waals surface area contributed by atoms with Crippen LogP contribution in [0, 0.1) is 24.1 Å². The number of imide groups is 1. The fourth-order valence-electron chi connectivity index (χ4n) is 11.9. The molecule has 4 N–H and O–H groups in total. The average Bonchev–Trinajstić information content (AvgIpc) is 4.13. The number of amides is 4. The van der Waals surface area contributed by atoms with Crippen molar-refractivity contribution >= 4 is 58.3 Å². The lowest BCUT2D eigenvalue weighted by atomic mass is 9.94. The van der Waals surface area contributed by atoms with E-state index in [2.05, 4.69) is 61.4 Å². The van der Waals surface area contributed by atoms with E-state index in [4.69, 9.17) is 20.9 Å². The van der Waals surface area contributed by atoms with Crippen LogP contribution < -0.4 is 25.6 Å². The highest BCUT2D eigenvalue weighted by Gasteiger charge is 2.51. The first kappa shape index (κ1) is 54.3. The molecule has 1 aromatic heterocycles. The first-order valence-electron chi connectivity index (χ1n) is 26.2. The van der Waals surface area contributed by atoms with Gasteiger partial charge < -0.3 is 40.3 Å². The van der Waals surface area contributed by atoms with E-state index in [1.54, 1.807) is 43.3 Å². The number of alkyl halides is 1. The first-order valence-corrected chi connectivity index (χ1v) is 26.2. The van der Waals surface area contributed by atoms with E-state index in [0.717, 1.165) is 70.1 Å². The number of rotatable bonds is 20. The summed E-state index contributed by atoms with van der Waals surface area (Å²) in [4.78, 5) is 69.7. The van der Waals surface area contributed by atoms with Crippen molar-refractivity contribution in [3.63, 3.8) is 0 Å². The van der Waals surface area contributed by atoms with Gasteiger partial charge in [0.1, 0.15) is 30.7 Å². The third-order valence-electron chi connectivity index (χ3n) is 15.8. The normalized spacial score (nSPS) is 22.1. The molecule has 7 heterocycles. The zero-order chi connectivity index (χ0) is 54.5. The molecule has 5 unspecified atom stereocenters. The van der Waals surface area contributed by atoms with Crippen molar-refractivity contribution in [1.82, 2.24) is 35.3 Å². The summed E-state index contributed by atoms with van der Waals surface area (Å²) < 4.78 is 41.5. The van der Waals surface area contributed by atoms with Gasteiger partial charge in [0.2, 0.25) is 12.3 Å². The van der Waals surface area contributed by atoms with E-state index in [1.165, 1.54) is 35.4 Å². The molecular formula is C58H66F2N10O7. The van der Waals surface area contributed by atoms with E-state index in [9.17, 15) is 33.1 Å². The van der Waals surface area contributed by atoms with Crippen LogP contribution in [0.3, 0.4) is 0 Å². The Morgan fingerprint density at radius 3 is 2.60 bits per heavy atom. The van der Waals surface area contributed by atoms with Gasteiger partial charge in [-0.25, -0.2) is 8.78 Å². The summed E-state index contributed by atoms with van der Waals surface area (Å²) in [5.41, 5.74) is 3.46. The van der Waals surface area contributed by atoms with Crippen LogP contribution in [0.15, 0.2) is 78.8 Å². The number of carbonyl (C=O) groups excluding carboxylic acids is 4. The van der Waals surface area contributed by atoms with Crippen LogP contribution in [0.2, 0.25) is 0 Å². The lowest BCUT2D eigenvalue weighted by Gasteiger charge is -2.36. The van der Waals surface area contributed by atoms with E-state index in [0.29, 0.717) is 102 Å². The van der Waals surface area contributed by atoms with Crippen LogP contribution >= 0.6 is 0 Å². The maximum Gasteiger partial charge on any atom is 0.318 e. The van der Waals surface area contributed by atoms with Crippen molar-refractivity contribution in [2.75, 3.05) is 76.9 Å². The second kappa shape index (κ2) is 23.4. The molecule has 0 spiro atoms. The molecule has 5 fully saturated rings. The summed E-state index contributed by atoms with van der Waals surface area (Å²) in [6.45, 7) is 16.6. The number of halogens is 2. The monoisotopic (exact) mass is 1050 g/mol. The Kier molecular flexibility index (Phi) is 16.5. The number of benzene rings is 3. The first-order chi connectivity index (χ1) is 37.2. The molecule has 77 heavy (non-hydrogen) atoms. The van der Waals surface area contributed by atoms with E-state index in [1.807, 2.05) is 0 Å². The minimum absolute atomic E-state index is 0.0461. The fraction of sp³-hybridized carbons (Fsp3) is 0.431. The molecule has 2 bridgehead atoms. The topological polar surface area (TPSA) is 194 Å². The van der Waals surface area contributed by atoms with Gasteiger partial charge >= 0.3 is 6.01 Å². The number of aromatic hydroxyl groups is 1. The lowest BCUT2D eigenvalue weighted by molar-refractivity contribution is -0.123. The van der Waals surface area contributed by atoms with Crippen LogP contribution in [0.25, 0.3) is 16.5 Å². The molecule has 19 heteroatoms. The molecule has 4 amide bonds. The van der Waals surface area contributed by atoms with Crippen LogP contribution in [0.4, 0.5) is 20.3 Å². The summed E-state index contributed by atoms with van der Waals surface area (Å²) in [6, 6.07) is 11.4. The molecule has 0 radical (unpaired) electrons. The van der Waals surface area contributed by atoms with Gasteiger partial charge in [-0.2, -0.15) is 9.97 Å². The summed E-state index contributed by atoms with van der Waals surface area (Å²) in [5.74, 6) is 1.90. The Morgan fingerprint density at radius 1 is 1.12 bits per heavy atom. The number of hydrogen-bond donors (Lipinski definition) is 4. The smallest absolute Gasteiger partial charge is 0.318 e. The van der Waals surface area contributed by atoms with Crippen molar-refractivity contribution in [1.29, 1.82) is 0 Å². The highest BCUT2D eigenvalue weighted by Crippen LogP contribution is 2.45. The van der Waals surface area contributed by atoms with Crippen molar-refractivity contribution < 1.29 is 42.5 Å². The van der Waals surface area contributed by atoms with Crippen LogP contribution in [-0.2, 0) is 21.0 Å². The standard InChI is InChI=1S/C37H40F2N6O3.C21H26N4O4/c1-5-29-32(39)9-6-24-12-28(46)13-30(34(24)29)23(3)40-16-31-33(15-38)42-36(43-35(31)44-18-25-7-8-26(19-44)41-25)48-21-37-11-10-27(20-47-4)45(37)17-22(2)14-37;1-3-15(7-8-18(27)22-2)25-20(28)16-5-4-6-17(19(16)21(25)29)23-10-9-14-11-24(12-14)13-26/h1,6,9,12-13,16,25-27,41,46H,2-3,7-8,10-11,14-15,17-21H2,4H3;3-6,13-15,23H,1,7-12H2,2H3,(H,22,27). The van der Waals surface area contributed by atoms with Gasteiger partial charge in [0, 0.05) is 101 Å². The van der Waals surface area contributed by atoms with Gasteiger partial charge in [-0.15, -0.1) is 13.0 Å². The number of nitrogens with one attached hydrogen (secondary N) is 3. The van der Waals surface area contributed by atoms with Crippen molar-refractivity contribution in [2.45, 2.75) is 87.7 Å². The number of terminal acetylenes is 1. The predicted molar refractivity (Wildman–Crippen MR) is 291 cm³/mol. The number of fused-ring (bicyclic) bond motifs is 5. The van der Waals surface area contributed by atoms with Crippen molar-refractivity contribution in [2.24, 2.45) is 10.9 Å². The maximum absolute atomic E-state index is 14.9. The van der Waals surface area contributed by atoms with Gasteiger partial charge in [0.15, 0.2) is 0 Å². The number of nitrogens with zero attached hydrogens (tertiary/aromatic N) is 7. The number of phenols is 1. The summed E-state index contributed by atoms with van der Waals surface area (Å²) in [6.07, 6.45) is 15.8. The number of aromatic nitrogens is 2. The fourth-order valence-corrected chi connectivity index (χ4v) is 11.9. The Hall–Kier alpha value is -7.53. The molecule has 6 aliphatic rings. The van der Waals surface area contributed by atoms with E-state index < -0.39 is 18.5 Å². The number of aliphatic imine (C=N–C) groups is 1. The van der Waals surface area contributed by atoms with Crippen LogP contribution in [0.1, 0.15) is 94.5 Å². The minimum Gasteiger partial charge on any atom is -0.508 e. The molecule has 4 aromatic rings. The van der Waals surface area contributed by atoms with Crippen LogP contribution in [0.5, 0.6) is 11.8 Å². The molecule has 404 valence electrons. The predicted octanol–water partition coefficient (Wildman–Crippen LogP) is 6.40. The number of carbonyl (C=O) groups is 4. The molecule has 17 nitrogen and oxygen atoms in total. The van der Waals surface area contributed by atoms with Crippen LogP contribution in [-0.4, -0.2) is 156 Å². The third kappa shape index (κ3) is 11.2. The van der Waals surface area contributed by atoms with Gasteiger partial charge in [-0.3, -0.25) is 34.0 Å². The van der Waals surface area contributed by atoms with Gasteiger partial charge in [-0.05, 0) is 86.6 Å². The number of hydrogen-bond acceptors (Lipinski definition) is 14. The van der Waals surface area contributed by atoms with Crippen molar-refractivity contribution in [3.8, 4) is 24.1 Å². The Balaban J connectivity index is 0.000000213. The molecule has 3 aromatic carbocycles. The number of likely N-dealkylation sites (tertiary alicyclic amines) is 1. The molecule has 5 saturated heterocycles. The zero-order valence-electron chi connectivity index (χ0n) is 43.7. The van der Waals surface area contributed by atoms with Gasteiger partial charge in [0.25, 0.3) is 11.8 Å². The number of piperazine rings is 1. The number of phenolic OH excluding ortho intramolecular Hbond substituents is 1. The highest BCUT2D eigenvalue weighted by atomic mass is 19.1. The SMILES string of the molecule is C#Cc1c(F)ccc2cc(O)cc(C(=C)N=Cc3c(CF)nc(OCC45CCC(COC)N4CC(=C)C5)nc3N3CC4CCC(C3)N4)c12.C=CC(CCC(=O)NC)N1C(=O)c2cccc(NCCC3CN(C=O)C3)c2C1=O. The summed E-state index contributed by atoms with van der Waals surface area (Å²) in [7, 11) is 3.27. The summed E-state index contributed by atoms with van der Waals surface area (Å²) >= 11 is 0. The van der Waals surface area contributed by atoms with Gasteiger partial charge in [-0.1, -0.05) is 42.9 Å². The average molecular weight is 1050 g/mol. The molecule has 6 aliphatic heterocycles. The second-order valence-corrected chi connectivity index (χ2v) is 20.8. The second-order valence-electron chi connectivity index (χ2n) is 20.8. The largest absolute Gasteiger partial charge is 0.508 e. The molecule has 10 rings (SSSR count). The molecule has 0 saturated carbocycles. The number of methoxy groups -OCH3 is 1. The quantitative estimate of drug-likeness (QED) is 0.0250. The molecular weight excluding hydrogens is 987 g/mol. The summed E-state index contributed by atoms with van der Waals surface area (Å²) in [5, 5.41) is 20.8. The highest BCUT2D eigenvalue weighted by molar-refractivity contribution is 6.24. The number of anilines is 2. The minimum atomic E-state index is -0.871. The van der Waals surface area contributed by atoms with E-state index >= 15 is 0 Å². The Bertz CT molecular complexity index is 3050. The number of ether oxygens (including phenoxy) is 2.